The lowest BCUT2D eigenvalue weighted by molar-refractivity contribution is -0.334. The highest BCUT2D eigenvalue weighted by Gasteiger charge is 2.52. The Balaban J connectivity index is 1.10. The van der Waals surface area contributed by atoms with Crippen molar-refractivity contribution in [3.63, 3.8) is 0 Å². The highest BCUT2D eigenvalue weighted by molar-refractivity contribution is 8.13. The summed E-state index contributed by atoms with van der Waals surface area (Å²) in [4.78, 5) is 141. The van der Waals surface area contributed by atoms with Gasteiger partial charge in [-0.1, -0.05) is 65.3 Å². The summed E-state index contributed by atoms with van der Waals surface area (Å²) in [6.07, 6.45) is -19.0. The van der Waals surface area contributed by atoms with Gasteiger partial charge in [-0.25, -0.2) is 0 Å². The van der Waals surface area contributed by atoms with Crippen molar-refractivity contribution in [3.05, 3.63) is 147 Å². The van der Waals surface area contributed by atoms with Gasteiger partial charge in [0.2, 0.25) is 59.3 Å². The van der Waals surface area contributed by atoms with Crippen molar-refractivity contribution in [2.75, 3.05) is 32.1 Å². The standard InChI is InChI=1S/C76H84Cl2N10O27S/c1-31-68(102)76(3,82-28-33-6-4-7-39(18-33)109-16-5-17-116-32(2)90)27-55(110-31)114-67-65(101)64(100)51(30-89)113-75(67)115-66-49-22-37-23-50(66)112-48-13-10-36(21-43(48)78)63(99)61-74(108)87-59(70(104)81-29-54(96)97)41-24-38(91)25-46(93)56(41)40-19-34(8-11-45(40)92)57(71(105)88-61)86-72(106)58(37)85-69(103)44(26-52(80)94)83-73(107)60(84-53(95)14-15-79)62(98)35-9-12-47(111-49)42(77)20-35/h4,6-13,18-25,31,44,51,55,57-65,67-68,75,82,89,91-93,98-102H,5,14-17,26-30,79H2,1-3H3,(H2,80,94)(H,81,104)(H,83,107)(H,84,95)(H,85,103)(H,86,106)(H,87,108)(H,88,105)(H,96,97)/t31-,44-,51+,55-,57+,58+,59-,60+,61-,62+,63+,64+,65-,67+,68+,75-,76-/m0/s1. The quantitative estimate of drug-likeness (QED) is 0.0444. The van der Waals surface area contributed by atoms with Crippen LogP contribution in [-0.4, -0.2) is 214 Å². The SMILES string of the molecule is CC(=O)SCCCOc1cccc(CN[C@@]2(C)C[C@H](O[C@H]3[C@H](Oc4c5cc6cc4Oc4ccc(cc4Cl)[C@@H](O)[C@@H](NC(=O)CCN)C(=O)N[C@@H](CC(N)=O)C(=O)N[C@H]6C(=O)N[C@H]4C(=O)N[C@H](C(=O)N[C@H](C(=O)NCC(=O)O)c6cc(O)cc(O)c6-c6cc4ccc6O)[C@H](O)c4ccc(c(Cl)c4)O5)O[C@H](CO)[C@@H](O)[C@@H]3O)O[C@@H](C)[C@H]2O)c1. The lowest BCUT2D eigenvalue weighted by atomic mass is 9.84. The first kappa shape index (κ1) is 86.2. The maximum absolute atomic E-state index is 16.2. The van der Waals surface area contributed by atoms with Gasteiger partial charge in [0.1, 0.15) is 108 Å². The second-order valence-electron chi connectivity index (χ2n) is 28.1. The Morgan fingerprint density at radius 3 is 2.02 bits per heavy atom. The number of benzene rings is 6. The van der Waals surface area contributed by atoms with Crippen LogP contribution in [0.1, 0.15) is 110 Å². The van der Waals surface area contributed by atoms with E-state index >= 15 is 19.2 Å². The van der Waals surface area contributed by atoms with Crippen molar-refractivity contribution in [3.8, 4) is 62.9 Å². The fourth-order valence-electron chi connectivity index (χ4n) is 13.7. The van der Waals surface area contributed by atoms with Crippen LogP contribution in [0, 0.1) is 0 Å². The summed E-state index contributed by atoms with van der Waals surface area (Å²) < 4.78 is 45.2. The number of thioether (sulfide) groups is 1. The van der Waals surface area contributed by atoms with Gasteiger partial charge in [0.15, 0.2) is 29.0 Å². The van der Waals surface area contributed by atoms with E-state index < -0.39 is 261 Å². The molecule has 0 aromatic heterocycles. The lowest BCUT2D eigenvalue weighted by Gasteiger charge is -2.48. The van der Waals surface area contributed by atoms with Gasteiger partial charge in [0, 0.05) is 61.3 Å². The van der Waals surface area contributed by atoms with E-state index in [0.29, 0.717) is 24.5 Å². The van der Waals surface area contributed by atoms with Crippen LogP contribution in [0.25, 0.3) is 11.1 Å². The Morgan fingerprint density at radius 2 is 1.37 bits per heavy atom. The molecule has 0 radical (unpaired) electrons. The zero-order valence-electron chi connectivity index (χ0n) is 61.9. The number of amides is 8. The molecule has 7 aliphatic heterocycles. The number of hydrogen-bond acceptors (Lipinski definition) is 29. The number of hydrogen-bond donors (Lipinski definition) is 20. The van der Waals surface area contributed by atoms with E-state index in [-0.39, 0.29) is 41.5 Å². The van der Waals surface area contributed by atoms with Gasteiger partial charge in [-0.05, 0) is 120 Å². The van der Waals surface area contributed by atoms with Crippen molar-refractivity contribution in [1.29, 1.82) is 0 Å². The number of nitrogens with one attached hydrogen (secondary N) is 8. The Hall–Kier alpha value is -10.7. The normalized spacial score (nSPS) is 26.7. The number of rotatable bonds is 21. The van der Waals surface area contributed by atoms with Gasteiger partial charge in [-0.15, -0.1) is 0 Å². The molecule has 116 heavy (non-hydrogen) atoms. The van der Waals surface area contributed by atoms with Crippen LogP contribution >= 0.6 is 35.0 Å². The van der Waals surface area contributed by atoms with Crippen LogP contribution in [-0.2, 0) is 68.7 Å². The average Bonchev–Trinajstić information content (AvgIpc) is 0.766. The van der Waals surface area contributed by atoms with Crippen molar-refractivity contribution < 1.29 is 132 Å². The third-order valence-electron chi connectivity index (χ3n) is 19.6. The zero-order valence-corrected chi connectivity index (χ0v) is 64.2. The predicted octanol–water partition coefficient (Wildman–Crippen LogP) is 0.817. The molecule has 7 heterocycles. The van der Waals surface area contributed by atoms with Crippen molar-refractivity contribution in [2.45, 2.75) is 156 Å². The number of aliphatic hydroxyl groups is 6. The molecule has 13 rings (SSSR count). The molecule has 8 amide bonds. The summed E-state index contributed by atoms with van der Waals surface area (Å²) >= 11 is 15.4. The second-order valence-corrected chi connectivity index (χ2v) is 30.2. The number of ether oxygens (including phenoxy) is 7. The minimum absolute atomic E-state index is 0.0209. The number of phenolic OH excluding ortho intramolecular Hbond substituents is 3. The molecule has 2 saturated heterocycles. The minimum atomic E-state index is -2.39. The monoisotopic (exact) mass is 1670 g/mol. The molecule has 2 fully saturated rings. The van der Waals surface area contributed by atoms with E-state index in [1.54, 1.807) is 32.0 Å². The van der Waals surface area contributed by atoms with E-state index in [2.05, 4.69) is 42.5 Å². The van der Waals surface area contributed by atoms with E-state index in [1.165, 1.54) is 24.8 Å². The van der Waals surface area contributed by atoms with Gasteiger partial charge < -0.3 is 138 Å². The maximum Gasteiger partial charge on any atom is 0.322 e. The van der Waals surface area contributed by atoms with Crippen LogP contribution < -0.4 is 72.9 Å². The maximum atomic E-state index is 16.2. The van der Waals surface area contributed by atoms with Gasteiger partial charge in [-0.3, -0.25) is 47.9 Å². The first-order valence-corrected chi connectivity index (χ1v) is 37.9. The number of primary amides is 1. The first-order chi connectivity index (χ1) is 55.1. The number of nitrogens with two attached hydrogens (primary N) is 2. The molecule has 40 heteroatoms. The number of aromatic hydroxyl groups is 3. The zero-order chi connectivity index (χ0) is 83.9. The van der Waals surface area contributed by atoms with Crippen LogP contribution in [0.5, 0.6) is 51.7 Å². The highest BCUT2D eigenvalue weighted by Crippen LogP contribution is 2.50. The third-order valence-corrected chi connectivity index (χ3v) is 21.1. The Kier molecular flexibility index (Phi) is 27.5. The molecular weight excluding hydrogens is 1590 g/mol. The van der Waals surface area contributed by atoms with Gasteiger partial charge >= 0.3 is 5.97 Å². The van der Waals surface area contributed by atoms with Crippen LogP contribution in [0.4, 0.5) is 0 Å². The minimum Gasteiger partial charge on any atom is -0.508 e. The molecule has 0 aliphatic carbocycles. The van der Waals surface area contributed by atoms with Gasteiger partial charge in [-0.2, -0.15) is 0 Å². The molecule has 37 nitrogen and oxygen atoms in total. The van der Waals surface area contributed by atoms with Crippen LogP contribution in [0.3, 0.4) is 0 Å². The molecular formula is C76H84Cl2N10O27S. The second kappa shape index (κ2) is 37.1. The summed E-state index contributed by atoms with van der Waals surface area (Å²) in [6.45, 7) is 2.81. The molecule has 0 spiro atoms. The number of carbonyl (C=O) groups is 10. The van der Waals surface area contributed by atoms with Crippen molar-refractivity contribution in [1.82, 2.24) is 42.5 Å². The molecule has 0 unspecified atom stereocenters. The number of phenols is 3. The predicted molar refractivity (Wildman–Crippen MR) is 406 cm³/mol. The number of halogens is 2. The van der Waals surface area contributed by atoms with Crippen LogP contribution in [0.15, 0.2) is 103 Å². The lowest BCUT2D eigenvalue weighted by Crippen LogP contribution is -2.65. The number of aliphatic hydroxyl groups excluding tert-OH is 6. The number of fused-ring (bicyclic) bond motifs is 15. The summed E-state index contributed by atoms with van der Waals surface area (Å²) in [6, 6.07) is 7.09. The molecule has 6 aromatic carbocycles. The number of aliphatic carboxylic acids is 1. The topological polar surface area (TPSA) is 586 Å². The van der Waals surface area contributed by atoms with Gasteiger partial charge in [0.25, 0.3) is 0 Å². The molecule has 620 valence electrons. The van der Waals surface area contributed by atoms with Crippen LogP contribution in [0.2, 0.25) is 10.0 Å². The van der Waals surface area contributed by atoms with Crippen molar-refractivity contribution >= 4 is 93.3 Å². The molecule has 0 saturated carbocycles. The van der Waals surface area contributed by atoms with Gasteiger partial charge in [0.05, 0.1) is 41.9 Å². The average molecular weight is 1670 g/mol. The highest BCUT2D eigenvalue weighted by atomic mass is 35.5. The Bertz CT molecular complexity index is 4780. The Labute approximate surface area is 673 Å². The Morgan fingerprint density at radius 1 is 0.716 bits per heavy atom. The smallest absolute Gasteiger partial charge is 0.322 e. The first-order valence-electron chi connectivity index (χ1n) is 36.2. The molecule has 17 atom stereocenters. The summed E-state index contributed by atoms with van der Waals surface area (Å²) in [5.41, 5.74) is 7.84. The van der Waals surface area contributed by atoms with E-state index in [9.17, 15) is 79.8 Å². The van der Waals surface area contributed by atoms with E-state index in [1.807, 2.05) is 6.07 Å². The third kappa shape index (κ3) is 19.9. The molecule has 7 aliphatic rings. The fraction of sp³-hybridized carbons (Fsp3) is 0.395. The molecule has 6 aromatic rings. The number of carbonyl (C=O) groups excluding carboxylic acids is 9. The fourth-order valence-corrected chi connectivity index (χ4v) is 14.7. The summed E-state index contributed by atoms with van der Waals surface area (Å²) in [5.74, 6) is -16.4. The summed E-state index contributed by atoms with van der Waals surface area (Å²) in [7, 11) is 0. The van der Waals surface area contributed by atoms with Crippen molar-refractivity contribution in [2.24, 2.45) is 11.5 Å². The summed E-state index contributed by atoms with van der Waals surface area (Å²) in [5, 5.41) is 134. The van der Waals surface area contributed by atoms with E-state index in [4.69, 9.17) is 67.8 Å². The molecule has 11 bridgehead atoms. The number of carboxylic acid groups (broad SMARTS) is 1. The largest absolute Gasteiger partial charge is 0.508 e. The van der Waals surface area contributed by atoms with E-state index in [0.717, 1.165) is 78.4 Å². The number of carboxylic acids is 1. The molecule has 22 N–H and O–H groups in total.